The van der Waals surface area contributed by atoms with Crippen molar-refractivity contribution in [3.05, 3.63) is 29.3 Å². The zero-order valence-electron chi connectivity index (χ0n) is 12.0. The molecule has 0 aliphatic carbocycles. The maximum atomic E-state index is 12.1. The van der Waals surface area contributed by atoms with Crippen LogP contribution in [0.3, 0.4) is 0 Å². The van der Waals surface area contributed by atoms with Crippen LogP contribution in [0.4, 0.5) is 5.69 Å². The average Bonchev–Trinajstić information content (AvgIpc) is 2.81. The molecule has 0 aromatic heterocycles. The lowest BCUT2D eigenvalue weighted by molar-refractivity contribution is -0.126. The molecule has 1 aliphatic rings. The van der Waals surface area contributed by atoms with Gasteiger partial charge in [-0.05, 0) is 37.1 Å². The molecule has 1 atom stereocenters. The Morgan fingerprint density at radius 3 is 2.80 bits per heavy atom. The zero-order valence-corrected chi connectivity index (χ0v) is 12.0. The van der Waals surface area contributed by atoms with Crippen molar-refractivity contribution in [3.8, 4) is 0 Å². The van der Waals surface area contributed by atoms with Crippen molar-refractivity contribution in [2.45, 2.75) is 20.3 Å². The van der Waals surface area contributed by atoms with Crippen molar-refractivity contribution in [2.75, 3.05) is 24.5 Å². The third kappa shape index (κ3) is 2.99. The number of nitrogens with zero attached hydrogens (tertiary/aromatic N) is 1. The first kappa shape index (κ1) is 14.5. The number of rotatable bonds is 4. The fourth-order valence-corrected chi connectivity index (χ4v) is 2.37. The molecule has 0 spiro atoms. The summed E-state index contributed by atoms with van der Waals surface area (Å²) >= 11 is 0. The Bertz CT molecular complexity index is 528. The summed E-state index contributed by atoms with van der Waals surface area (Å²) in [4.78, 5) is 25.7. The van der Waals surface area contributed by atoms with E-state index in [-0.39, 0.29) is 24.2 Å². The van der Waals surface area contributed by atoms with Crippen molar-refractivity contribution in [3.63, 3.8) is 0 Å². The van der Waals surface area contributed by atoms with Crippen LogP contribution in [0, 0.1) is 19.8 Å². The zero-order chi connectivity index (χ0) is 14.7. The first-order valence-electron chi connectivity index (χ1n) is 6.88. The molecule has 1 heterocycles. The number of hydrogen-bond donors (Lipinski definition) is 2. The first-order chi connectivity index (χ1) is 9.52. The molecular formula is C15H21N3O2. The Morgan fingerprint density at radius 1 is 1.40 bits per heavy atom. The van der Waals surface area contributed by atoms with Crippen LogP contribution >= 0.6 is 0 Å². The second-order valence-electron chi connectivity index (χ2n) is 5.25. The molecule has 0 radical (unpaired) electrons. The summed E-state index contributed by atoms with van der Waals surface area (Å²) in [5.41, 5.74) is 8.56. The lowest BCUT2D eigenvalue weighted by Crippen LogP contribution is -2.35. The molecule has 1 aromatic carbocycles. The van der Waals surface area contributed by atoms with Crippen LogP contribution < -0.4 is 16.0 Å². The number of hydrogen-bond acceptors (Lipinski definition) is 3. The molecule has 5 nitrogen and oxygen atoms in total. The smallest absolute Gasteiger partial charge is 0.227 e. The lowest BCUT2D eigenvalue weighted by atomic mass is 10.1. The van der Waals surface area contributed by atoms with Gasteiger partial charge in [0.1, 0.15) is 0 Å². The molecule has 2 rings (SSSR count). The molecule has 1 fully saturated rings. The topological polar surface area (TPSA) is 75.4 Å². The Kier molecular flexibility index (Phi) is 4.39. The summed E-state index contributed by atoms with van der Waals surface area (Å²) in [6.07, 6.45) is 0.267. The average molecular weight is 275 g/mol. The summed E-state index contributed by atoms with van der Waals surface area (Å²) in [6, 6.07) is 5.92. The number of anilines is 1. The van der Waals surface area contributed by atoms with E-state index in [1.54, 1.807) is 4.90 Å². The number of nitrogens with two attached hydrogens (primary N) is 1. The highest BCUT2D eigenvalue weighted by atomic mass is 16.2. The lowest BCUT2D eigenvalue weighted by Gasteiger charge is -2.18. The highest BCUT2D eigenvalue weighted by molar-refractivity contribution is 6.00. The monoisotopic (exact) mass is 275 g/mol. The largest absolute Gasteiger partial charge is 0.355 e. The number of amides is 2. The van der Waals surface area contributed by atoms with Crippen LogP contribution in [0.5, 0.6) is 0 Å². The van der Waals surface area contributed by atoms with Gasteiger partial charge in [0.15, 0.2) is 0 Å². The van der Waals surface area contributed by atoms with E-state index in [1.165, 1.54) is 5.56 Å². The standard InChI is InChI=1S/C15H21N3O2/c1-10-3-4-13(7-11(10)2)18-9-12(8-14(18)19)15(20)17-6-5-16/h3-4,7,12H,5-6,8-9,16H2,1-2H3,(H,17,20). The summed E-state index contributed by atoms with van der Waals surface area (Å²) in [7, 11) is 0. The van der Waals surface area contributed by atoms with Gasteiger partial charge < -0.3 is 16.0 Å². The Hall–Kier alpha value is -1.88. The summed E-state index contributed by atoms with van der Waals surface area (Å²) < 4.78 is 0. The second-order valence-corrected chi connectivity index (χ2v) is 5.25. The summed E-state index contributed by atoms with van der Waals surface area (Å²) in [6.45, 7) is 5.36. The molecule has 0 saturated carbocycles. The normalized spacial score (nSPS) is 18.4. The Balaban J connectivity index is 2.09. The minimum absolute atomic E-state index is 0.00107. The van der Waals surface area contributed by atoms with Crippen LogP contribution in [0.1, 0.15) is 17.5 Å². The van der Waals surface area contributed by atoms with E-state index in [0.717, 1.165) is 11.3 Å². The molecule has 1 aromatic rings. The predicted octanol–water partition coefficient (Wildman–Crippen LogP) is 0.731. The molecule has 1 aliphatic heterocycles. The van der Waals surface area contributed by atoms with E-state index in [2.05, 4.69) is 5.32 Å². The third-order valence-corrected chi connectivity index (χ3v) is 3.74. The fraction of sp³-hybridized carbons (Fsp3) is 0.467. The minimum atomic E-state index is -0.282. The highest BCUT2D eigenvalue weighted by Gasteiger charge is 2.34. The van der Waals surface area contributed by atoms with E-state index in [0.29, 0.717) is 19.6 Å². The molecular weight excluding hydrogens is 254 g/mol. The molecule has 20 heavy (non-hydrogen) atoms. The quantitative estimate of drug-likeness (QED) is 0.850. The van der Waals surface area contributed by atoms with Crippen LogP contribution in [-0.2, 0) is 9.59 Å². The summed E-state index contributed by atoms with van der Waals surface area (Å²) in [5, 5.41) is 2.74. The minimum Gasteiger partial charge on any atom is -0.355 e. The van der Waals surface area contributed by atoms with Crippen LogP contribution in [-0.4, -0.2) is 31.4 Å². The van der Waals surface area contributed by atoms with Gasteiger partial charge in [-0.3, -0.25) is 9.59 Å². The maximum Gasteiger partial charge on any atom is 0.227 e. The van der Waals surface area contributed by atoms with Crippen LogP contribution in [0.25, 0.3) is 0 Å². The van der Waals surface area contributed by atoms with Gasteiger partial charge in [-0.2, -0.15) is 0 Å². The summed E-state index contributed by atoms with van der Waals surface area (Å²) in [5.74, 6) is -0.369. The van der Waals surface area contributed by atoms with Gasteiger partial charge in [-0.1, -0.05) is 6.07 Å². The van der Waals surface area contributed by atoms with Gasteiger partial charge >= 0.3 is 0 Å². The number of aryl methyl sites for hydroxylation is 2. The van der Waals surface area contributed by atoms with Crippen LogP contribution in [0.15, 0.2) is 18.2 Å². The SMILES string of the molecule is Cc1ccc(N2CC(C(=O)NCCN)CC2=O)cc1C. The highest BCUT2D eigenvalue weighted by Crippen LogP contribution is 2.26. The van der Waals surface area contributed by atoms with Crippen molar-refractivity contribution in [2.24, 2.45) is 11.7 Å². The van der Waals surface area contributed by atoms with E-state index < -0.39 is 0 Å². The first-order valence-corrected chi connectivity index (χ1v) is 6.88. The molecule has 1 unspecified atom stereocenters. The number of carbonyl (C=O) groups is 2. The van der Waals surface area contributed by atoms with Crippen molar-refractivity contribution >= 4 is 17.5 Å². The van der Waals surface area contributed by atoms with Crippen LogP contribution in [0.2, 0.25) is 0 Å². The Morgan fingerprint density at radius 2 is 2.15 bits per heavy atom. The van der Waals surface area contributed by atoms with Gasteiger partial charge in [0, 0.05) is 31.7 Å². The van der Waals surface area contributed by atoms with Crippen molar-refractivity contribution in [1.82, 2.24) is 5.32 Å². The molecule has 2 amide bonds. The third-order valence-electron chi connectivity index (χ3n) is 3.74. The molecule has 3 N–H and O–H groups in total. The number of benzene rings is 1. The van der Waals surface area contributed by atoms with Gasteiger partial charge in [-0.15, -0.1) is 0 Å². The van der Waals surface area contributed by atoms with E-state index in [1.807, 2.05) is 32.0 Å². The molecule has 108 valence electrons. The van der Waals surface area contributed by atoms with Crippen molar-refractivity contribution in [1.29, 1.82) is 0 Å². The fourth-order valence-electron chi connectivity index (χ4n) is 2.37. The molecule has 1 saturated heterocycles. The van der Waals surface area contributed by atoms with Gasteiger partial charge in [0.2, 0.25) is 11.8 Å². The number of carbonyl (C=O) groups excluding carboxylic acids is 2. The van der Waals surface area contributed by atoms with Gasteiger partial charge in [0.05, 0.1) is 5.92 Å². The van der Waals surface area contributed by atoms with Gasteiger partial charge in [0.25, 0.3) is 0 Å². The molecule has 0 bridgehead atoms. The number of nitrogens with one attached hydrogen (secondary N) is 1. The van der Waals surface area contributed by atoms with Crippen molar-refractivity contribution < 1.29 is 9.59 Å². The molecule has 5 heteroatoms. The maximum absolute atomic E-state index is 12.1. The Labute approximate surface area is 119 Å². The predicted molar refractivity (Wildman–Crippen MR) is 78.4 cm³/mol. The van der Waals surface area contributed by atoms with E-state index in [4.69, 9.17) is 5.73 Å². The van der Waals surface area contributed by atoms with E-state index >= 15 is 0 Å². The van der Waals surface area contributed by atoms with Gasteiger partial charge in [-0.25, -0.2) is 0 Å². The second kappa shape index (κ2) is 6.05. The van der Waals surface area contributed by atoms with E-state index in [9.17, 15) is 9.59 Å².